The quantitative estimate of drug-likeness (QED) is 0.809. The normalized spacial score (nSPS) is 22.1. The number of amides is 1. The van der Waals surface area contributed by atoms with E-state index in [4.69, 9.17) is 4.74 Å². The molecule has 120 valence electrons. The molecule has 6 heteroatoms. The fraction of sp³-hybridized carbons (Fsp3) is 0.625. The SMILES string of the molecule is O=C(C[C@H]1C=CCC1)Nc1cnn(CCN2CCOCC2)c1. The van der Waals surface area contributed by atoms with Crippen molar-refractivity contribution in [3.8, 4) is 0 Å². The molecule has 1 aliphatic heterocycles. The minimum absolute atomic E-state index is 0.0734. The molecular formula is C16H24N4O2. The monoisotopic (exact) mass is 304 g/mol. The highest BCUT2D eigenvalue weighted by Crippen LogP contribution is 2.20. The van der Waals surface area contributed by atoms with Crippen molar-refractivity contribution in [3.63, 3.8) is 0 Å². The third-order valence-corrected chi connectivity index (χ3v) is 4.23. The molecule has 1 saturated heterocycles. The Labute approximate surface area is 131 Å². The van der Waals surface area contributed by atoms with E-state index < -0.39 is 0 Å². The first-order valence-corrected chi connectivity index (χ1v) is 8.09. The standard InChI is InChI=1S/C16H24N4O2/c21-16(11-14-3-1-2-4-14)18-15-12-17-20(13-15)6-5-19-7-9-22-10-8-19/h1,3,12-14H,2,4-11H2,(H,18,21)/t14-/m0/s1. The predicted molar refractivity (Wildman–Crippen MR) is 84.6 cm³/mol. The predicted octanol–water partition coefficient (Wildman–Crippen LogP) is 1.51. The first kappa shape index (κ1) is 15.2. The Kier molecular flexibility index (Phi) is 5.24. The number of carbonyl (C=O) groups is 1. The van der Waals surface area contributed by atoms with Crippen molar-refractivity contribution >= 4 is 11.6 Å². The van der Waals surface area contributed by atoms with E-state index in [1.165, 1.54) is 0 Å². The lowest BCUT2D eigenvalue weighted by Crippen LogP contribution is -2.38. The molecule has 1 aliphatic carbocycles. The van der Waals surface area contributed by atoms with Crippen LogP contribution in [0.5, 0.6) is 0 Å². The van der Waals surface area contributed by atoms with E-state index >= 15 is 0 Å². The summed E-state index contributed by atoms with van der Waals surface area (Å²) in [5, 5.41) is 7.25. The Morgan fingerprint density at radius 2 is 2.23 bits per heavy atom. The second-order valence-corrected chi connectivity index (χ2v) is 5.96. The van der Waals surface area contributed by atoms with Crippen molar-refractivity contribution in [1.29, 1.82) is 0 Å². The summed E-state index contributed by atoms with van der Waals surface area (Å²) in [5.41, 5.74) is 0.786. The Hall–Kier alpha value is -1.66. The molecular weight excluding hydrogens is 280 g/mol. The van der Waals surface area contributed by atoms with E-state index in [-0.39, 0.29) is 5.91 Å². The van der Waals surface area contributed by atoms with Gasteiger partial charge in [0.2, 0.25) is 5.91 Å². The number of carbonyl (C=O) groups excluding carboxylic acids is 1. The maximum atomic E-state index is 12.0. The Morgan fingerprint density at radius 1 is 1.36 bits per heavy atom. The first-order chi connectivity index (χ1) is 10.8. The minimum Gasteiger partial charge on any atom is -0.379 e. The molecule has 2 heterocycles. The number of nitrogens with one attached hydrogen (secondary N) is 1. The van der Waals surface area contributed by atoms with Gasteiger partial charge in [-0.15, -0.1) is 0 Å². The maximum Gasteiger partial charge on any atom is 0.225 e. The molecule has 22 heavy (non-hydrogen) atoms. The molecule has 2 aliphatic rings. The van der Waals surface area contributed by atoms with E-state index in [0.29, 0.717) is 12.3 Å². The largest absolute Gasteiger partial charge is 0.379 e. The molecule has 1 fully saturated rings. The molecule has 0 saturated carbocycles. The number of hydrogen-bond acceptors (Lipinski definition) is 4. The second kappa shape index (κ2) is 7.56. The molecule has 6 nitrogen and oxygen atoms in total. The van der Waals surface area contributed by atoms with Crippen LogP contribution < -0.4 is 5.32 Å². The summed E-state index contributed by atoms with van der Waals surface area (Å²) in [6.45, 7) is 5.40. The van der Waals surface area contributed by atoms with E-state index in [2.05, 4.69) is 27.5 Å². The Balaban J connectivity index is 1.42. The van der Waals surface area contributed by atoms with Crippen LogP contribution in [0.15, 0.2) is 24.5 Å². The molecule has 1 aromatic rings. The highest BCUT2D eigenvalue weighted by molar-refractivity contribution is 5.90. The van der Waals surface area contributed by atoms with Gasteiger partial charge in [-0.1, -0.05) is 12.2 Å². The van der Waals surface area contributed by atoms with Crippen molar-refractivity contribution in [2.24, 2.45) is 5.92 Å². The van der Waals surface area contributed by atoms with Gasteiger partial charge >= 0.3 is 0 Å². The van der Waals surface area contributed by atoms with Crippen molar-refractivity contribution in [2.75, 3.05) is 38.2 Å². The third kappa shape index (κ3) is 4.42. The Bertz CT molecular complexity index is 520. The lowest BCUT2D eigenvalue weighted by molar-refractivity contribution is -0.116. The fourth-order valence-corrected chi connectivity index (χ4v) is 2.93. The Morgan fingerprint density at radius 3 is 3.00 bits per heavy atom. The van der Waals surface area contributed by atoms with Crippen LogP contribution in [0.2, 0.25) is 0 Å². The number of hydrogen-bond donors (Lipinski definition) is 1. The number of allylic oxidation sites excluding steroid dienone is 2. The van der Waals surface area contributed by atoms with Gasteiger partial charge in [0.25, 0.3) is 0 Å². The molecule has 0 spiro atoms. The third-order valence-electron chi connectivity index (χ3n) is 4.23. The van der Waals surface area contributed by atoms with Crippen LogP contribution in [0.1, 0.15) is 19.3 Å². The average Bonchev–Trinajstić information content (AvgIpc) is 3.18. The summed E-state index contributed by atoms with van der Waals surface area (Å²) in [6.07, 6.45) is 10.7. The van der Waals surface area contributed by atoms with Gasteiger partial charge in [-0.2, -0.15) is 5.10 Å². The number of anilines is 1. The van der Waals surface area contributed by atoms with E-state index in [1.54, 1.807) is 6.20 Å². The fourth-order valence-electron chi connectivity index (χ4n) is 2.93. The van der Waals surface area contributed by atoms with Crippen LogP contribution in [0, 0.1) is 5.92 Å². The van der Waals surface area contributed by atoms with Crippen LogP contribution in [0.3, 0.4) is 0 Å². The molecule has 1 amide bonds. The summed E-state index contributed by atoms with van der Waals surface area (Å²) >= 11 is 0. The molecule has 1 aromatic heterocycles. The van der Waals surface area contributed by atoms with Gasteiger partial charge in [0, 0.05) is 32.3 Å². The van der Waals surface area contributed by atoms with Crippen LogP contribution in [0.4, 0.5) is 5.69 Å². The van der Waals surface area contributed by atoms with Crippen LogP contribution in [-0.2, 0) is 16.1 Å². The molecule has 0 aromatic carbocycles. The first-order valence-electron chi connectivity index (χ1n) is 8.09. The summed E-state index contributed by atoms with van der Waals surface area (Å²) in [4.78, 5) is 14.3. The van der Waals surface area contributed by atoms with Crippen molar-refractivity contribution in [1.82, 2.24) is 14.7 Å². The molecule has 1 atom stereocenters. The number of morpholine rings is 1. The maximum absolute atomic E-state index is 12.0. The van der Waals surface area contributed by atoms with E-state index in [0.717, 1.165) is 57.9 Å². The summed E-state index contributed by atoms with van der Waals surface area (Å²) in [6, 6.07) is 0. The second-order valence-electron chi connectivity index (χ2n) is 5.96. The summed E-state index contributed by atoms with van der Waals surface area (Å²) in [7, 11) is 0. The van der Waals surface area contributed by atoms with Crippen LogP contribution in [-0.4, -0.2) is 53.4 Å². The number of rotatable bonds is 6. The van der Waals surface area contributed by atoms with Gasteiger partial charge in [0.05, 0.1) is 31.6 Å². The molecule has 0 radical (unpaired) electrons. The molecule has 0 unspecified atom stereocenters. The number of nitrogens with zero attached hydrogens (tertiary/aromatic N) is 3. The summed E-state index contributed by atoms with van der Waals surface area (Å²) in [5.74, 6) is 0.473. The van der Waals surface area contributed by atoms with E-state index in [9.17, 15) is 4.79 Å². The zero-order valence-electron chi connectivity index (χ0n) is 12.9. The van der Waals surface area contributed by atoms with Crippen LogP contribution in [0.25, 0.3) is 0 Å². The van der Waals surface area contributed by atoms with Gasteiger partial charge in [0.1, 0.15) is 0 Å². The van der Waals surface area contributed by atoms with Gasteiger partial charge in [0.15, 0.2) is 0 Å². The van der Waals surface area contributed by atoms with Crippen molar-refractivity contribution in [2.45, 2.75) is 25.8 Å². The van der Waals surface area contributed by atoms with Crippen molar-refractivity contribution in [3.05, 3.63) is 24.5 Å². The van der Waals surface area contributed by atoms with E-state index in [1.807, 2.05) is 10.9 Å². The van der Waals surface area contributed by atoms with Crippen molar-refractivity contribution < 1.29 is 9.53 Å². The highest BCUT2D eigenvalue weighted by Gasteiger charge is 2.15. The topological polar surface area (TPSA) is 59.4 Å². The highest BCUT2D eigenvalue weighted by atomic mass is 16.5. The van der Waals surface area contributed by atoms with Gasteiger partial charge < -0.3 is 10.1 Å². The van der Waals surface area contributed by atoms with Gasteiger partial charge in [-0.25, -0.2) is 0 Å². The number of ether oxygens (including phenoxy) is 1. The molecule has 1 N–H and O–H groups in total. The lowest BCUT2D eigenvalue weighted by atomic mass is 10.1. The van der Waals surface area contributed by atoms with Crippen LogP contribution >= 0.6 is 0 Å². The minimum atomic E-state index is 0.0734. The number of aromatic nitrogens is 2. The smallest absolute Gasteiger partial charge is 0.225 e. The molecule has 3 rings (SSSR count). The van der Waals surface area contributed by atoms with Gasteiger partial charge in [-0.05, 0) is 18.8 Å². The zero-order chi connectivity index (χ0) is 15.2. The zero-order valence-corrected chi connectivity index (χ0v) is 12.9. The average molecular weight is 304 g/mol. The molecule has 0 bridgehead atoms. The van der Waals surface area contributed by atoms with Gasteiger partial charge in [-0.3, -0.25) is 14.4 Å². The summed E-state index contributed by atoms with van der Waals surface area (Å²) < 4.78 is 7.23. The lowest BCUT2D eigenvalue weighted by Gasteiger charge is -2.26.